The molecule has 0 fully saturated rings. The molecule has 0 aliphatic rings. The van der Waals surface area contributed by atoms with E-state index in [2.05, 4.69) is 0 Å². The number of benzene rings is 2. The van der Waals surface area contributed by atoms with E-state index in [1.165, 1.54) is 0 Å². The Bertz CT molecular complexity index is 551. The average molecular weight is 284 g/mol. The summed E-state index contributed by atoms with van der Waals surface area (Å²) in [6.07, 6.45) is -1.09. The zero-order valence-electron chi connectivity index (χ0n) is 12.4. The number of hydrogen-bond donors (Lipinski definition) is 0. The predicted molar refractivity (Wildman–Crippen MR) is 82.1 cm³/mol. The van der Waals surface area contributed by atoms with Gasteiger partial charge in [-0.1, -0.05) is 60.7 Å². The standard InChI is InChI=1S/C18H20O3/c1-3-20-14(2)21-18(16-12-8-5-9-13-16)17(19)15-10-6-4-7-11-15/h4-14,18H,3H2,1-2H3/t14-,18+/m0/s1. The van der Waals surface area contributed by atoms with Crippen LogP contribution >= 0.6 is 0 Å². The monoisotopic (exact) mass is 284 g/mol. The second kappa shape index (κ2) is 7.72. The third-order valence-electron chi connectivity index (χ3n) is 3.13. The fourth-order valence-corrected chi connectivity index (χ4v) is 2.14. The number of ketones is 1. The van der Waals surface area contributed by atoms with Crippen LogP contribution in [0.15, 0.2) is 60.7 Å². The van der Waals surface area contributed by atoms with Crippen molar-refractivity contribution < 1.29 is 14.3 Å². The molecule has 2 rings (SSSR count). The number of rotatable bonds is 7. The number of hydrogen-bond acceptors (Lipinski definition) is 3. The Labute approximate surface area is 125 Å². The Hall–Kier alpha value is -1.97. The highest BCUT2D eigenvalue weighted by atomic mass is 16.7. The molecular weight excluding hydrogens is 264 g/mol. The van der Waals surface area contributed by atoms with Crippen LogP contribution in [0.3, 0.4) is 0 Å². The molecule has 0 unspecified atom stereocenters. The summed E-state index contributed by atoms with van der Waals surface area (Å²) in [5.41, 5.74) is 1.47. The first-order chi connectivity index (χ1) is 10.2. The van der Waals surface area contributed by atoms with Gasteiger partial charge in [-0.15, -0.1) is 0 Å². The topological polar surface area (TPSA) is 35.5 Å². The minimum atomic E-state index is -0.657. The van der Waals surface area contributed by atoms with Crippen molar-refractivity contribution in [3.8, 4) is 0 Å². The van der Waals surface area contributed by atoms with Gasteiger partial charge in [0.2, 0.25) is 0 Å². The van der Waals surface area contributed by atoms with E-state index in [-0.39, 0.29) is 5.78 Å². The molecule has 110 valence electrons. The van der Waals surface area contributed by atoms with Crippen molar-refractivity contribution in [1.29, 1.82) is 0 Å². The van der Waals surface area contributed by atoms with Gasteiger partial charge in [0, 0.05) is 12.2 Å². The molecule has 0 heterocycles. The lowest BCUT2D eigenvalue weighted by atomic mass is 10.00. The summed E-state index contributed by atoms with van der Waals surface area (Å²) in [4.78, 5) is 12.7. The first-order valence-corrected chi connectivity index (χ1v) is 7.13. The predicted octanol–water partition coefficient (Wildman–Crippen LogP) is 4.01. The van der Waals surface area contributed by atoms with Gasteiger partial charge in [0.25, 0.3) is 0 Å². The van der Waals surface area contributed by atoms with E-state index in [9.17, 15) is 4.79 Å². The summed E-state index contributed by atoms with van der Waals surface area (Å²) in [7, 11) is 0. The molecule has 2 aromatic carbocycles. The second-order valence-corrected chi connectivity index (χ2v) is 4.68. The highest BCUT2D eigenvalue weighted by molar-refractivity contribution is 6.00. The molecule has 0 aliphatic carbocycles. The Morgan fingerprint density at radius 1 is 1.00 bits per heavy atom. The Morgan fingerprint density at radius 2 is 1.57 bits per heavy atom. The maximum atomic E-state index is 12.7. The molecule has 0 aromatic heterocycles. The average Bonchev–Trinajstić information content (AvgIpc) is 2.54. The van der Waals surface area contributed by atoms with E-state index in [1.54, 1.807) is 19.1 Å². The van der Waals surface area contributed by atoms with Gasteiger partial charge in [-0.25, -0.2) is 0 Å². The van der Waals surface area contributed by atoms with Crippen LogP contribution in [-0.4, -0.2) is 18.7 Å². The van der Waals surface area contributed by atoms with Gasteiger partial charge in [0.15, 0.2) is 12.1 Å². The lowest BCUT2D eigenvalue weighted by molar-refractivity contribution is -0.147. The molecule has 0 bridgehead atoms. The van der Waals surface area contributed by atoms with E-state index in [0.717, 1.165) is 5.56 Å². The van der Waals surface area contributed by atoms with Crippen LogP contribution in [0, 0.1) is 0 Å². The van der Waals surface area contributed by atoms with Crippen LogP contribution in [-0.2, 0) is 9.47 Å². The highest BCUT2D eigenvalue weighted by Crippen LogP contribution is 2.24. The van der Waals surface area contributed by atoms with E-state index in [0.29, 0.717) is 12.2 Å². The molecule has 3 nitrogen and oxygen atoms in total. The van der Waals surface area contributed by atoms with Crippen molar-refractivity contribution in [3.05, 3.63) is 71.8 Å². The summed E-state index contributed by atoms with van der Waals surface area (Å²) in [6, 6.07) is 18.7. The normalized spacial score (nSPS) is 13.6. The highest BCUT2D eigenvalue weighted by Gasteiger charge is 2.24. The van der Waals surface area contributed by atoms with Crippen LogP contribution < -0.4 is 0 Å². The van der Waals surface area contributed by atoms with Gasteiger partial charge in [-0.3, -0.25) is 4.79 Å². The summed E-state index contributed by atoms with van der Waals surface area (Å²) < 4.78 is 11.2. The van der Waals surface area contributed by atoms with Crippen LogP contribution in [0.1, 0.15) is 35.9 Å². The maximum Gasteiger partial charge on any atom is 0.196 e. The van der Waals surface area contributed by atoms with Crippen LogP contribution in [0.2, 0.25) is 0 Å². The number of Topliss-reactive ketones (excluding diaryl/α,β-unsaturated/α-hetero) is 1. The van der Waals surface area contributed by atoms with Gasteiger partial charge in [0.05, 0.1) is 0 Å². The SMILES string of the molecule is CCO[C@H](C)O[C@@H](C(=O)c1ccccc1)c1ccccc1. The summed E-state index contributed by atoms with van der Waals surface area (Å²) in [5.74, 6) is -0.0617. The summed E-state index contributed by atoms with van der Waals surface area (Å²) in [6.45, 7) is 4.25. The molecule has 3 heteroatoms. The van der Waals surface area contributed by atoms with E-state index < -0.39 is 12.4 Å². The Kier molecular flexibility index (Phi) is 5.67. The van der Waals surface area contributed by atoms with Crippen molar-refractivity contribution >= 4 is 5.78 Å². The lowest BCUT2D eigenvalue weighted by Gasteiger charge is -2.22. The molecule has 21 heavy (non-hydrogen) atoms. The molecule has 2 atom stereocenters. The summed E-state index contributed by atoms with van der Waals surface area (Å²) in [5, 5.41) is 0. The molecule has 0 N–H and O–H groups in total. The fraction of sp³-hybridized carbons (Fsp3) is 0.278. The maximum absolute atomic E-state index is 12.7. The number of carbonyl (C=O) groups is 1. The molecule has 0 amide bonds. The van der Waals surface area contributed by atoms with Crippen LogP contribution in [0.5, 0.6) is 0 Å². The molecule has 0 saturated carbocycles. The van der Waals surface area contributed by atoms with E-state index in [4.69, 9.17) is 9.47 Å². The Balaban J connectivity index is 2.25. The van der Waals surface area contributed by atoms with E-state index in [1.807, 2.05) is 55.5 Å². The fourth-order valence-electron chi connectivity index (χ4n) is 2.14. The van der Waals surface area contributed by atoms with Crippen molar-refractivity contribution in [1.82, 2.24) is 0 Å². The summed E-state index contributed by atoms with van der Waals surface area (Å²) >= 11 is 0. The zero-order chi connectivity index (χ0) is 15.1. The third kappa shape index (κ3) is 4.25. The number of carbonyl (C=O) groups excluding carboxylic acids is 1. The molecule has 0 aliphatic heterocycles. The van der Waals surface area contributed by atoms with Gasteiger partial charge < -0.3 is 9.47 Å². The first-order valence-electron chi connectivity index (χ1n) is 7.13. The van der Waals surface area contributed by atoms with E-state index >= 15 is 0 Å². The van der Waals surface area contributed by atoms with Crippen molar-refractivity contribution in [2.45, 2.75) is 26.2 Å². The van der Waals surface area contributed by atoms with Crippen LogP contribution in [0.4, 0.5) is 0 Å². The van der Waals surface area contributed by atoms with Gasteiger partial charge >= 0.3 is 0 Å². The lowest BCUT2D eigenvalue weighted by Crippen LogP contribution is -2.23. The van der Waals surface area contributed by atoms with Gasteiger partial charge in [0.1, 0.15) is 6.10 Å². The Morgan fingerprint density at radius 3 is 2.14 bits per heavy atom. The molecule has 0 radical (unpaired) electrons. The van der Waals surface area contributed by atoms with Crippen molar-refractivity contribution in [2.24, 2.45) is 0 Å². The zero-order valence-corrected chi connectivity index (χ0v) is 12.4. The second-order valence-electron chi connectivity index (χ2n) is 4.68. The molecule has 0 saturated heterocycles. The number of ether oxygens (including phenoxy) is 2. The van der Waals surface area contributed by atoms with Crippen molar-refractivity contribution in [3.63, 3.8) is 0 Å². The van der Waals surface area contributed by atoms with Gasteiger partial charge in [-0.2, -0.15) is 0 Å². The minimum absolute atomic E-state index is 0.0617. The van der Waals surface area contributed by atoms with Crippen molar-refractivity contribution in [2.75, 3.05) is 6.61 Å². The molecular formula is C18H20O3. The van der Waals surface area contributed by atoms with Gasteiger partial charge in [-0.05, 0) is 19.4 Å². The molecule has 2 aromatic rings. The quantitative estimate of drug-likeness (QED) is 0.569. The molecule has 0 spiro atoms. The minimum Gasteiger partial charge on any atom is -0.353 e. The largest absolute Gasteiger partial charge is 0.353 e. The smallest absolute Gasteiger partial charge is 0.196 e. The third-order valence-corrected chi connectivity index (χ3v) is 3.13. The van der Waals surface area contributed by atoms with Crippen LogP contribution in [0.25, 0.3) is 0 Å². The first kappa shape index (κ1) is 15.4.